The fourth-order valence-corrected chi connectivity index (χ4v) is 8.64. The lowest BCUT2D eigenvalue weighted by atomic mass is 10.1. The van der Waals surface area contributed by atoms with Gasteiger partial charge in [-0.25, -0.2) is 38.6 Å². The summed E-state index contributed by atoms with van der Waals surface area (Å²) in [6, 6.07) is 41.8. The molecule has 4 amide bonds. The molecule has 0 aliphatic heterocycles. The number of amides is 4. The Morgan fingerprint density at radius 1 is 0.443 bits per heavy atom. The van der Waals surface area contributed by atoms with Crippen molar-refractivity contribution in [1.29, 1.82) is 0 Å². The summed E-state index contributed by atoms with van der Waals surface area (Å²) in [6.07, 6.45) is 9.46. The van der Waals surface area contributed by atoms with Crippen LogP contribution >= 0.6 is 11.3 Å². The maximum absolute atomic E-state index is 12.7. The Balaban J connectivity index is 0.000000153. The highest BCUT2D eigenvalue weighted by atomic mass is 32.1. The Morgan fingerprint density at radius 3 is 1.16 bits per heavy atom. The number of benzene rings is 5. The number of ether oxygens (including phenoxy) is 6. The van der Waals surface area contributed by atoms with Crippen LogP contribution in [0.2, 0.25) is 0 Å². The van der Waals surface area contributed by atoms with E-state index in [1.54, 1.807) is 61.1 Å². The van der Waals surface area contributed by atoms with Crippen molar-refractivity contribution in [3.63, 3.8) is 0 Å². The molecular formula is C60H60N16O11S. The van der Waals surface area contributed by atoms with Gasteiger partial charge < -0.3 is 55.8 Å². The third-order valence-electron chi connectivity index (χ3n) is 12.3. The van der Waals surface area contributed by atoms with Crippen LogP contribution in [-0.4, -0.2) is 105 Å². The minimum atomic E-state index is -0.405. The number of aromatic nitrogens is 8. The van der Waals surface area contributed by atoms with Crippen LogP contribution in [0.3, 0.4) is 0 Å². The summed E-state index contributed by atoms with van der Waals surface area (Å²) in [7, 11) is 8.92. The maximum Gasteiger partial charge on any atom is 0.305 e. The van der Waals surface area contributed by atoms with Crippen LogP contribution in [0.5, 0.6) is 34.5 Å². The van der Waals surface area contributed by atoms with Gasteiger partial charge in [-0.1, -0.05) is 97.1 Å². The lowest BCUT2D eigenvalue weighted by molar-refractivity contribution is 0.0978. The summed E-state index contributed by atoms with van der Waals surface area (Å²) in [5, 5.41) is 1.85. The Bertz CT molecular complexity index is 3920. The topological polar surface area (TPSA) is 360 Å². The third kappa shape index (κ3) is 15.3. The molecule has 0 unspecified atom stereocenters. The van der Waals surface area contributed by atoms with E-state index in [1.165, 1.54) is 91.4 Å². The average molecular weight is 1210 g/mol. The van der Waals surface area contributed by atoms with Crippen LogP contribution in [-0.2, 0) is 0 Å². The van der Waals surface area contributed by atoms with Gasteiger partial charge in [0.2, 0.25) is 35.3 Å². The van der Waals surface area contributed by atoms with Gasteiger partial charge in [0, 0.05) is 40.2 Å². The molecule has 5 aromatic carbocycles. The molecule has 452 valence electrons. The molecule has 88 heavy (non-hydrogen) atoms. The van der Waals surface area contributed by atoms with Crippen molar-refractivity contribution >= 4 is 58.8 Å². The first-order valence-electron chi connectivity index (χ1n) is 26.1. The van der Waals surface area contributed by atoms with Crippen LogP contribution in [0.4, 0.5) is 23.8 Å². The average Bonchev–Trinajstić information content (AvgIpc) is 4.05. The quantitative estimate of drug-likeness (QED) is 0.0426. The lowest BCUT2D eigenvalue weighted by Gasteiger charge is -2.14. The first-order valence-corrected chi connectivity index (χ1v) is 27.0. The van der Waals surface area contributed by atoms with Crippen molar-refractivity contribution in [2.45, 2.75) is 0 Å². The highest BCUT2D eigenvalue weighted by Gasteiger charge is 2.21. The van der Waals surface area contributed by atoms with E-state index in [0.717, 1.165) is 22.4 Å². The first-order chi connectivity index (χ1) is 42.6. The number of hydrogen-bond acceptors (Lipinski definition) is 20. The van der Waals surface area contributed by atoms with Gasteiger partial charge in [0.05, 0.1) is 89.5 Å². The number of rotatable bonds is 17. The molecule has 0 saturated carbocycles. The number of anilines is 4. The molecule has 6 aromatic heterocycles. The predicted molar refractivity (Wildman–Crippen MR) is 333 cm³/mol. The largest absolute Gasteiger partial charge is 0.493 e. The summed E-state index contributed by atoms with van der Waals surface area (Å²) < 4.78 is 41.9. The normalized spacial score (nSPS) is 10.3. The number of nitrogen functional groups attached to an aromatic ring is 4. The monoisotopic (exact) mass is 1210 g/mol. The molecule has 0 aliphatic rings. The molecule has 27 nitrogen and oxygen atoms in total. The van der Waals surface area contributed by atoms with Crippen molar-refractivity contribution in [3.05, 3.63) is 204 Å². The number of methoxy groups -OCH3 is 6. The Morgan fingerprint density at radius 2 is 0.830 bits per heavy atom. The molecule has 0 aliphatic carbocycles. The summed E-state index contributed by atoms with van der Waals surface area (Å²) in [5.74, 6) is 1.96. The van der Waals surface area contributed by atoms with Gasteiger partial charge in [-0.05, 0) is 47.8 Å². The zero-order valence-electron chi connectivity index (χ0n) is 48.1. The molecule has 11 rings (SSSR count). The molecular weight excluding hydrogens is 1150 g/mol. The fourth-order valence-electron chi connectivity index (χ4n) is 8.02. The van der Waals surface area contributed by atoms with Crippen LogP contribution in [0.15, 0.2) is 187 Å². The second kappa shape index (κ2) is 29.4. The van der Waals surface area contributed by atoms with Gasteiger partial charge in [-0.15, -0.1) is 11.3 Å². The molecule has 0 bridgehead atoms. The van der Waals surface area contributed by atoms with Crippen molar-refractivity contribution < 1.29 is 52.0 Å². The number of nitrogens with one attached hydrogen (secondary N) is 4. The Kier molecular flexibility index (Phi) is 20.6. The number of carbonyl (C=O) groups excluding carboxylic acids is 4. The standard InChI is InChI=1S/C19H20N4O4.C14H12N4O2.C14H12N4OS.C13H16N4O4/c1-25-15-9-13(10-16(26-2)17(15)27-3)18(24)22-23-11-14(21-19(23)20)12-7-5-4-6-8-12;2*15-14-16-11(10-5-2-1-3-6-10)9-18(14)17-13(19)12-7-4-8-20-12;1-19-9-6-8(7-10(20-2)11(9)21-3)12(18)16-17-5-4-15-13(17)14/h4-11H,1-3H3,(H2,20,21)(H,22,24);2*1-9H,(H2,15,16)(H,17,19);4-7H,1-3H3,(H2,14,15)(H,16,18). The van der Waals surface area contributed by atoms with Gasteiger partial charge in [0.25, 0.3) is 17.7 Å². The van der Waals surface area contributed by atoms with E-state index in [0.29, 0.717) is 61.9 Å². The summed E-state index contributed by atoms with van der Waals surface area (Å²) >= 11 is 1.37. The van der Waals surface area contributed by atoms with E-state index in [9.17, 15) is 19.2 Å². The Hall–Kier alpha value is -12.2. The fraction of sp³-hybridized carbons (Fsp3) is 0.100. The van der Waals surface area contributed by atoms with Crippen LogP contribution in [0, 0.1) is 0 Å². The van der Waals surface area contributed by atoms with Gasteiger partial charge >= 0.3 is 5.91 Å². The molecule has 6 heterocycles. The number of imidazole rings is 4. The smallest absolute Gasteiger partial charge is 0.305 e. The van der Waals surface area contributed by atoms with E-state index < -0.39 is 11.8 Å². The van der Waals surface area contributed by atoms with Gasteiger partial charge in [-0.2, -0.15) is 0 Å². The van der Waals surface area contributed by atoms with Crippen molar-refractivity contribution in [2.24, 2.45) is 0 Å². The van der Waals surface area contributed by atoms with Gasteiger partial charge in [0.1, 0.15) is 0 Å². The van der Waals surface area contributed by atoms with Crippen molar-refractivity contribution in [2.75, 3.05) is 87.3 Å². The van der Waals surface area contributed by atoms with Crippen molar-refractivity contribution in [1.82, 2.24) is 38.6 Å². The predicted octanol–water partition coefficient (Wildman–Crippen LogP) is 8.10. The lowest BCUT2D eigenvalue weighted by Crippen LogP contribution is -2.23. The second-order valence-corrected chi connectivity index (χ2v) is 18.8. The van der Waals surface area contributed by atoms with Crippen LogP contribution in [0.25, 0.3) is 33.8 Å². The molecule has 0 saturated heterocycles. The zero-order chi connectivity index (χ0) is 62.7. The van der Waals surface area contributed by atoms with E-state index in [4.69, 9.17) is 55.8 Å². The number of furan rings is 1. The molecule has 0 fully saturated rings. The zero-order valence-corrected chi connectivity index (χ0v) is 48.9. The number of hydrogen-bond donors (Lipinski definition) is 8. The minimum absolute atomic E-state index is 0.162. The first kappa shape index (κ1) is 61.9. The number of carbonyl (C=O) groups is 4. The molecule has 0 radical (unpaired) electrons. The molecule has 12 N–H and O–H groups in total. The van der Waals surface area contributed by atoms with Crippen molar-refractivity contribution in [3.8, 4) is 68.3 Å². The highest BCUT2D eigenvalue weighted by Crippen LogP contribution is 2.39. The molecule has 0 atom stereocenters. The van der Waals surface area contributed by atoms with Gasteiger partial charge in [0.15, 0.2) is 28.8 Å². The van der Waals surface area contributed by atoms with Gasteiger partial charge in [-0.3, -0.25) is 40.9 Å². The number of thiophene rings is 1. The minimum Gasteiger partial charge on any atom is -0.493 e. The van der Waals surface area contributed by atoms with Crippen LogP contribution < -0.4 is 73.1 Å². The van der Waals surface area contributed by atoms with E-state index in [-0.39, 0.29) is 41.4 Å². The molecule has 0 spiro atoms. The number of nitrogens with two attached hydrogens (primary N) is 4. The van der Waals surface area contributed by atoms with E-state index in [1.807, 2.05) is 102 Å². The maximum atomic E-state index is 12.7. The Labute approximate surface area is 506 Å². The van der Waals surface area contributed by atoms with Crippen LogP contribution in [0.1, 0.15) is 40.9 Å². The van der Waals surface area contributed by atoms with E-state index >= 15 is 0 Å². The summed E-state index contributed by atoms with van der Waals surface area (Å²) in [6.45, 7) is 0. The van der Waals surface area contributed by atoms with E-state index in [2.05, 4.69) is 41.6 Å². The summed E-state index contributed by atoms with van der Waals surface area (Å²) in [5.41, 5.74) is 39.2. The second-order valence-electron chi connectivity index (χ2n) is 17.9. The highest BCUT2D eigenvalue weighted by molar-refractivity contribution is 7.12. The summed E-state index contributed by atoms with van der Waals surface area (Å²) in [4.78, 5) is 65.9. The molecule has 28 heteroatoms. The number of nitrogens with zero attached hydrogens (tertiary/aromatic N) is 8. The SMILES string of the molecule is COc1cc(C(=O)Nn2cc(-c3ccccc3)nc2N)cc(OC)c1OC.COc1cc(C(=O)Nn2ccnc2N)cc(OC)c1OC.Nc1nc(-c2ccccc2)cn1NC(=O)c1ccco1.Nc1nc(-c2ccccc2)cn1NC(=O)c1cccs1. The third-order valence-corrected chi connectivity index (χ3v) is 13.2. The molecule has 11 aromatic rings.